The summed E-state index contributed by atoms with van der Waals surface area (Å²) in [5.41, 5.74) is 0.806. The molecule has 4 rings (SSSR count). The third kappa shape index (κ3) is 5.61. The number of nitrogens with zero attached hydrogens (tertiary/aromatic N) is 2. The molecule has 1 saturated heterocycles. The van der Waals surface area contributed by atoms with Gasteiger partial charge in [0.1, 0.15) is 6.04 Å². The van der Waals surface area contributed by atoms with Gasteiger partial charge in [0.25, 0.3) is 17.4 Å². The number of carboxylic acids is 1. The molecule has 2 amide bonds. The molecule has 182 valence electrons. The number of carbonyl (C=O) groups is 3. The maximum atomic E-state index is 13.0. The minimum absolute atomic E-state index is 0.186. The van der Waals surface area contributed by atoms with Crippen molar-refractivity contribution in [3.8, 4) is 5.69 Å². The van der Waals surface area contributed by atoms with Crippen LogP contribution in [0.2, 0.25) is 4.34 Å². The number of aliphatic carboxylic acids is 1. The van der Waals surface area contributed by atoms with Crippen molar-refractivity contribution in [2.24, 2.45) is 0 Å². The van der Waals surface area contributed by atoms with Crippen molar-refractivity contribution < 1.29 is 19.5 Å². The molecule has 0 bridgehead atoms. The lowest BCUT2D eigenvalue weighted by Gasteiger charge is -2.21. The number of rotatable bonds is 7. The third-order valence-electron chi connectivity index (χ3n) is 5.91. The van der Waals surface area contributed by atoms with Gasteiger partial charge in [-0.05, 0) is 49.4 Å². The Morgan fingerprint density at radius 1 is 1.00 bits per heavy atom. The van der Waals surface area contributed by atoms with Crippen molar-refractivity contribution in [3.63, 3.8) is 0 Å². The Balaban J connectivity index is 1.49. The number of amides is 2. The first-order chi connectivity index (χ1) is 16.7. The van der Waals surface area contributed by atoms with Crippen LogP contribution in [0.25, 0.3) is 5.69 Å². The number of pyridine rings is 1. The molecule has 1 unspecified atom stereocenters. The van der Waals surface area contributed by atoms with Gasteiger partial charge in [-0.1, -0.05) is 17.7 Å². The van der Waals surface area contributed by atoms with E-state index in [1.165, 1.54) is 10.6 Å². The number of benzene rings is 1. The summed E-state index contributed by atoms with van der Waals surface area (Å²) in [5, 5.41) is 15.2. The highest BCUT2D eigenvalue weighted by Crippen LogP contribution is 2.22. The fraction of sp³-hybridized carbons (Fsp3) is 0.250. The number of hydrogen-bond acceptors (Lipinski definition) is 6. The normalized spacial score (nSPS) is 18.7. The first-order valence-electron chi connectivity index (χ1n) is 10.8. The van der Waals surface area contributed by atoms with Gasteiger partial charge >= 0.3 is 5.97 Å². The van der Waals surface area contributed by atoms with E-state index in [1.54, 1.807) is 66.6 Å². The Bertz CT molecular complexity index is 1310. The van der Waals surface area contributed by atoms with E-state index in [2.05, 4.69) is 10.6 Å². The fourth-order valence-electron chi connectivity index (χ4n) is 3.94. The second-order valence-electron chi connectivity index (χ2n) is 8.19. The zero-order valence-corrected chi connectivity index (χ0v) is 20.3. The summed E-state index contributed by atoms with van der Waals surface area (Å²) in [5.74, 6) is -1.70. The SMILES string of the molecule is CC(C(=O)O)N1C[C@H](NC(=O)c2ccc(-n3ccccc3=O)cc2)[C@H](NC(=O)c2ccc(Cl)s2)C1. The van der Waals surface area contributed by atoms with Gasteiger partial charge in [0.05, 0.1) is 21.3 Å². The van der Waals surface area contributed by atoms with Gasteiger partial charge in [0, 0.05) is 36.6 Å². The summed E-state index contributed by atoms with van der Waals surface area (Å²) >= 11 is 7.07. The van der Waals surface area contributed by atoms with Gasteiger partial charge < -0.3 is 15.7 Å². The minimum Gasteiger partial charge on any atom is -0.480 e. The minimum atomic E-state index is -0.987. The van der Waals surface area contributed by atoms with Crippen molar-refractivity contribution in [2.75, 3.05) is 13.1 Å². The summed E-state index contributed by atoms with van der Waals surface area (Å²) in [6.45, 7) is 2.08. The van der Waals surface area contributed by atoms with Gasteiger partial charge in [-0.3, -0.25) is 28.6 Å². The van der Waals surface area contributed by atoms with Crippen molar-refractivity contribution in [1.29, 1.82) is 0 Å². The summed E-state index contributed by atoms with van der Waals surface area (Å²) in [6, 6.07) is 12.8. The van der Waals surface area contributed by atoms with E-state index in [-0.39, 0.29) is 30.5 Å². The molecule has 0 aliphatic carbocycles. The van der Waals surface area contributed by atoms with E-state index in [1.807, 2.05) is 0 Å². The molecular weight excluding hydrogens is 492 g/mol. The van der Waals surface area contributed by atoms with E-state index in [0.29, 0.717) is 20.5 Å². The Kier molecular flexibility index (Phi) is 7.34. The van der Waals surface area contributed by atoms with Crippen LogP contribution < -0.4 is 16.2 Å². The molecule has 35 heavy (non-hydrogen) atoms. The summed E-state index contributed by atoms with van der Waals surface area (Å²) in [7, 11) is 0. The van der Waals surface area contributed by atoms with Crippen LogP contribution in [0.4, 0.5) is 0 Å². The Morgan fingerprint density at radius 3 is 2.23 bits per heavy atom. The number of aromatic nitrogens is 1. The average molecular weight is 515 g/mol. The summed E-state index contributed by atoms with van der Waals surface area (Å²) in [4.78, 5) is 51.3. The zero-order valence-electron chi connectivity index (χ0n) is 18.7. The highest BCUT2D eigenvalue weighted by Gasteiger charge is 2.39. The lowest BCUT2D eigenvalue weighted by atomic mass is 10.1. The average Bonchev–Trinajstić information content (AvgIpc) is 3.45. The molecule has 0 saturated carbocycles. The predicted octanol–water partition coefficient (Wildman–Crippen LogP) is 2.24. The highest BCUT2D eigenvalue weighted by molar-refractivity contribution is 7.18. The first kappa shape index (κ1) is 24.6. The summed E-state index contributed by atoms with van der Waals surface area (Å²) in [6.07, 6.45) is 1.64. The number of halogens is 1. The van der Waals surface area contributed by atoms with Gasteiger partial charge in [-0.15, -0.1) is 11.3 Å². The van der Waals surface area contributed by atoms with Gasteiger partial charge in [-0.25, -0.2) is 0 Å². The molecular formula is C24H23ClN4O5S. The molecule has 9 nitrogen and oxygen atoms in total. The van der Waals surface area contributed by atoms with E-state index in [9.17, 15) is 24.3 Å². The monoisotopic (exact) mass is 514 g/mol. The van der Waals surface area contributed by atoms with Crippen molar-refractivity contribution in [2.45, 2.75) is 25.0 Å². The van der Waals surface area contributed by atoms with Crippen LogP contribution in [-0.2, 0) is 4.79 Å². The van der Waals surface area contributed by atoms with Crippen LogP contribution in [0.1, 0.15) is 27.0 Å². The van der Waals surface area contributed by atoms with Gasteiger partial charge in [0.2, 0.25) is 0 Å². The molecule has 0 spiro atoms. The molecule has 11 heteroatoms. The zero-order chi connectivity index (χ0) is 25.1. The van der Waals surface area contributed by atoms with Crippen molar-refractivity contribution in [3.05, 3.63) is 85.9 Å². The molecule has 1 aliphatic rings. The Hall–Kier alpha value is -3.47. The molecule has 0 radical (unpaired) electrons. The third-order valence-corrected chi connectivity index (χ3v) is 7.14. The van der Waals surface area contributed by atoms with Crippen LogP contribution in [0, 0.1) is 0 Å². The Morgan fingerprint density at radius 2 is 1.66 bits per heavy atom. The predicted molar refractivity (Wildman–Crippen MR) is 133 cm³/mol. The second kappa shape index (κ2) is 10.4. The number of thiophene rings is 1. The quantitative estimate of drug-likeness (QED) is 0.444. The van der Waals surface area contributed by atoms with Crippen molar-refractivity contribution >= 4 is 40.7 Å². The molecule has 3 heterocycles. The lowest BCUT2D eigenvalue weighted by Crippen LogP contribution is -2.50. The topological polar surface area (TPSA) is 121 Å². The van der Waals surface area contributed by atoms with Crippen LogP contribution in [0.15, 0.2) is 65.6 Å². The summed E-state index contributed by atoms with van der Waals surface area (Å²) < 4.78 is 1.94. The smallest absolute Gasteiger partial charge is 0.320 e. The molecule has 1 aliphatic heterocycles. The molecule has 1 aromatic carbocycles. The van der Waals surface area contributed by atoms with Crippen LogP contribution >= 0.6 is 22.9 Å². The van der Waals surface area contributed by atoms with Crippen LogP contribution in [0.3, 0.4) is 0 Å². The van der Waals surface area contributed by atoms with Crippen molar-refractivity contribution in [1.82, 2.24) is 20.1 Å². The van der Waals surface area contributed by atoms with Crippen LogP contribution in [-0.4, -0.2) is 63.6 Å². The largest absolute Gasteiger partial charge is 0.480 e. The number of likely N-dealkylation sites (tertiary alicyclic amines) is 1. The highest BCUT2D eigenvalue weighted by atomic mass is 35.5. The van der Waals surface area contributed by atoms with E-state index >= 15 is 0 Å². The number of nitrogens with one attached hydrogen (secondary N) is 2. The maximum Gasteiger partial charge on any atom is 0.320 e. The van der Waals surface area contributed by atoms with E-state index < -0.39 is 24.1 Å². The van der Waals surface area contributed by atoms with Crippen LogP contribution in [0.5, 0.6) is 0 Å². The van der Waals surface area contributed by atoms with Gasteiger partial charge in [-0.2, -0.15) is 0 Å². The molecule has 3 atom stereocenters. The first-order valence-corrected chi connectivity index (χ1v) is 12.0. The molecule has 3 N–H and O–H groups in total. The lowest BCUT2D eigenvalue weighted by molar-refractivity contribution is -0.142. The number of carboxylic acid groups (broad SMARTS) is 1. The number of carbonyl (C=O) groups excluding carboxylic acids is 2. The Labute approximate surface area is 209 Å². The number of hydrogen-bond donors (Lipinski definition) is 3. The molecule has 2 aromatic heterocycles. The van der Waals surface area contributed by atoms with Gasteiger partial charge in [0.15, 0.2) is 0 Å². The maximum absolute atomic E-state index is 13.0. The van der Waals surface area contributed by atoms with E-state index in [0.717, 1.165) is 11.3 Å². The standard InChI is InChI=1S/C24H23ClN4O5S/c1-14(24(33)34)28-12-17(18(13-28)27-23(32)19-9-10-20(25)35-19)26-22(31)15-5-7-16(8-6-15)29-11-3-2-4-21(29)30/h2-11,14,17-18H,12-13H2,1H3,(H,26,31)(H,27,32)(H,33,34)/t14?,17-,18+/m0/s1. The second-order valence-corrected chi connectivity index (χ2v) is 9.90. The molecule has 3 aromatic rings. The molecule has 1 fully saturated rings. The fourth-order valence-corrected chi connectivity index (χ4v) is 4.89. The van der Waals surface area contributed by atoms with E-state index in [4.69, 9.17) is 11.6 Å².